The summed E-state index contributed by atoms with van der Waals surface area (Å²) in [5.41, 5.74) is -0.166. The number of hydrogen-bond donors (Lipinski definition) is 1. The van der Waals surface area contributed by atoms with Gasteiger partial charge in [0.25, 0.3) is 5.91 Å². The van der Waals surface area contributed by atoms with Crippen LogP contribution in [0, 0.1) is 5.82 Å². The molecular formula is C13H16ClFN2O3S. The molecule has 0 spiro atoms. The van der Waals surface area contributed by atoms with E-state index in [4.69, 9.17) is 16.7 Å². The average molecular weight is 335 g/mol. The molecule has 0 aromatic heterocycles. The molecule has 1 heterocycles. The van der Waals surface area contributed by atoms with Crippen LogP contribution in [0.4, 0.5) is 4.39 Å². The molecule has 0 saturated carbocycles. The number of carbonyl (C=O) groups excluding carboxylic acids is 1. The zero-order chi connectivity index (χ0) is 15.8. The summed E-state index contributed by atoms with van der Waals surface area (Å²) in [5.74, 6) is -1.44. The van der Waals surface area contributed by atoms with E-state index in [9.17, 15) is 17.6 Å². The van der Waals surface area contributed by atoms with Crippen molar-refractivity contribution in [2.45, 2.75) is 37.1 Å². The number of nitrogens with two attached hydrogens (primary N) is 1. The first-order valence-electron chi connectivity index (χ1n) is 6.58. The number of carbonyl (C=O) groups is 1. The van der Waals surface area contributed by atoms with E-state index < -0.39 is 26.6 Å². The highest BCUT2D eigenvalue weighted by Crippen LogP contribution is 2.28. The molecule has 0 radical (unpaired) electrons. The van der Waals surface area contributed by atoms with Gasteiger partial charge in [-0.2, -0.15) is 0 Å². The van der Waals surface area contributed by atoms with E-state index in [2.05, 4.69) is 0 Å². The van der Waals surface area contributed by atoms with Crippen LogP contribution in [0.15, 0.2) is 17.0 Å². The minimum atomic E-state index is -4.11. The predicted molar refractivity (Wildman–Crippen MR) is 77.1 cm³/mol. The topological polar surface area (TPSA) is 80.5 Å². The SMILES string of the molecule is CCC1CCCN1C(=O)c1cc(S(N)(=O)=O)cc(F)c1Cl. The molecule has 1 aliphatic heterocycles. The predicted octanol–water partition coefficient (Wildman–Crippen LogP) is 2.14. The molecule has 1 saturated heterocycles. The maximum Gasteiger partial charge on any atom is 0.255 e. The largest absolute Gasteiger partial charge is 0.336 e. The van der Waals surface area contributed by atoms with Crippen molar-refractivity contribution in [3.63, 3.8) is 0 Å². The minimum Gasteiger partial charge on any atom is -0.336 e. The lowest BCUT2D eigenvalue weighted by molar-refractivity contribution is 0.0733. The number of sulfonamides is 1. The second kappa shape index (κ2) is 5.90. The first kappa shape index (κ1) is 16.2. The molecule has 1 fully saturated rings. The van der Waals surface area contributed by atoms with Gasteiger partial charge in [-0.15, -0.1) is 0 Å². The lowest BCUT2D eigenvalue weighted by Crippen LogP contribution is -2.35. The van der Waals surface area contributed by atoms with Crippen LogP contribution in [0.3, 0.4) is 0 Å². The van der Waals surface area contributed by atoms with Gasteiger partial charge in [0.2, 0.25) is 10.0 Å². The van der Waals surface area contributed by atoms with Gasteiger partial charge in [0, 0.05) is 12.6 Å². The van der Waals surface area contributed by atoms with Crippen LogP contribution in [0.25, 0.3) is 0 Å². The molecule has 2 rings (SSSR count). The first-order valence-corrected chi connectivity index (χ1v) is 8.51. The average Bonchev–Trinajstić information content (AvgIpc) is 2.88. The van der Waals surface area contributed by atoms with Gasteiger partial charge in [-0.3, -0.25) is 4.79 Å². The smallest absolute Gasteiger partial charge is 0.255 e. The van der Waals surface area contributed by atoms with Gasteiger partial charge >= 0.3 is 0 Å². The molecule has 116 valence electrons. The number of hydrogen-bond acceptors (Lipinski definition) is 3. The molecule has 1 aromatic carbocycles. The second-order valence-electron chi connectivity index (χ2n) is 5.01. The van der Waals surface area contributed by atoms with Crippen molar-refractivity contribution in [2.24, 2.45) is 5.14 Å². The van der Waals surface area contributed by atoms with Gasteiger partial charge in [-0.1, -0.05) is 18.5 Å². The van der Waals surface area contributed by atoms with E-state index in [0.29, 0.717) is 6.54 Å². The van der Waals surface area contributed by atoms with Gasteiger partial charge in [0.1, 0.15) is 5.82 Å². The Balaban J connectivity index is 2.48. The van der Waals surface area contributed by atoms with Crippen LogP contribution in [0.2, 0.25) is 5.02 Å². The first-order chi connectivity index (χ1) is 9.75. The molecule has 1 aliphatic rings. The molecule has 1 aromatic rings. The summed E-state index contributed by atoms with van der Waals surface area (Å²) < 4.78 is 36.5. The van der Waals surface area contributed by atoms with Crippen molar-refractivity contribution in [3.05, 3.63) is 28.5 Å². The van der Waals surface area contributed by atoms with E-state index in [0.717, 1.165) is 31.4 Å². The van der Waals surface area contributed by atoms with Crippen molar-refractivity contribution >= 4 is 27.5 Å². The van der Waals surface area contributed by atoms with Gasteiger partial charge in [0.05, 0.1) is 15.5 Å². The van der Waals surface area contributed by atoms with Crippen LogP contribution >= 0.6 is 11.6 Å². The van der Waals surface area contributed by atoms with Gasteiger partial charge in [0.15, 0.2) is 0 Å². The highest BCUT2D eigenvalue weighted by Gasteiger charge is 2.30. The summed E-state index contributed by atoms with van der Waals surface area (Å²) in [5, 5.41) is 4.61. The summed E-state index contributed by atoms with van der Waals surface area (Å²) in [7, 11) is -4.11. The lowest BCUT2D eigenvalue weighted by Gasteiger charge is -2.24. The Labute approximate surface area is 127 Å². The third kappa shape index (κ3) is 3.20. The Kier molecular flexibility index (Phi) is 4.55. The van der Waals surface area contributed by atoms with E-state index in [1.54, 1.807) is 4.90 Å². The summed E-state index contributed by atoms with van der Waals surface area (Å²) in [4.78, 5) is 13.7. The van der Waals surface area contributed by atoms with Crippen LogP contribution in [0.5, 0.6) is 0 Å². The molecule has 1 atom stereocenters. The molecular weight excluding hydrogens is 319 g/mol. The molecule has 21 heavy (non-hydrogen) atoms. The Hall–Kier alpha value is -1.18. The van der Waals surface area contributed by atoms with Crippen molar-refractivity contribution in [2.75, 3.05) is 6.54 Å². The second-order valence-corrected chi connectivity index (χ2v) is 6.95. The van der Waals surface area contributed by atoms with E-state index >= 15 is 0 Å². The Morgan fingerprint density at radius 2 is 2.19 bits per heavy atom. The van der Waals surface area contributed by atoms with E-state index in [1.165, 1.54) is 0 Å². The summed E-state index contributed by atoms with van der Waals surface area (Å²) in [6.45, 7) is 2.51. The number of halogens is 2. The third-order valence-electron chi connectivity index (χ3n) is 3.67. The maximum absolute atomic E-state index is 13.8. The van der Waals surface area contributed by atoms with Crippen molar-refractivity contribution in [1.82, 2.24) is 4.90 Å². The molecule has 0 aliphatic carbocycles. The molecule has 1 amide bonds. The number of likely N-dealkylation sites (tertiary alicyclic amines) is 1. The summed E-state index contributed by atoms with van der Waals surface area (Å²) in [6.07, 6.45) is 2.51. The summed E-state index contributed by atoms with van der Waals surface area (Å²) >= 11 is 5.82. The zero-order valence-corrected chi connectivity index (χ0v) is 13.0. The number of nitrogens with zero attached hydrogens (tertiary/aromatic N) is 1. The Morgan fingerprint density at radius 1 is 1.52 bits per heavy atom. The quantitative estimate of drug-likeness (QED) is 0.919. The number of benzene rings is 1. The normalized spacial score (nSPS) is 19.0. The fourth-order valence-electron chi connectivity index (χ4n) is 2.57. The Bertz CT molecular complexity index is 678. The summed E-state index contributed by atoms with van der Waals surface area (Å²) in [6, 6.07) is 1.82. The van der Waals surface area contributed by atoms with Crippen LogP contribution in [0.1, 0.15) is 36.5 Å². The maximum atomic E-state index is 13.8. The fraction of sp³-hybridized carbons (Fsp3) is 0.462. The molecule has 0 bridgehead atoms. The number of rotatable bonds is 3. The molecule has 2 N–H and O–H groups in total. The van der Waals surface area contributed by atoms with Crippen LogP contribution in [-0.4, -0.2) is 31.8 Å². The molecule has 1 unspecified atom stereocenters. The fourth-order valence-corrected chi connectivity index (χ4v) is 3.31. The van der Waals surface area contributed by atoms with E-state index in [1.807, 2.05) is 6.92 Å². The van der Waals surface area contributed by atoms with Crippen molar-refractivity contribution < 1.29 is 17.6 Å². The highest BCUT2D eigenvalue weighted by atomic mass is 35.5. The van der Waals surface area contributed by atoms with Crippen molar-refractivity contribution in [3.8, 4) is 0 Å². The molecule has 5 nitrogen and oxygen atoms in total. The van der Waals surface area contributed by atoms with Crippen LogP contribution in [-0.2, 0) is 10.0 Å². The number of primary sulfonamides is 1. The standard InChI is InChI=1S/C13H16ClFN2O3S/c1-2-8-4-3-5-17(8)13(18)10-6-9(21(16,19)20)7-11(15)12(10)14/h6-8H,2-5H2,1H3,(H2,16,19,20). The molecule has 8 heteroatoms. The van der Waals surface area contributed by atoms with E-state index in [-0.39, 0.29) is 16.6 Å². The van der Waals surface area contributed by atoms with Gasteiger partial charge < -0.3 is 4.90 Å². The minimum absolute atomic E-state index is 0.0646. The monoisotopic (exact) mass is 334 g/mol. The Morgan fingerprint density at radius 3 is 2.76 bits per heavy atom. The van der Waals surface area contributed by atoms with Gasteiger partial charge in [-0.25, -0.2) is 17.9 Å². The van der Waals surface area contributed by atoms with Crippen LogP contribution < -0.4 is 5.14 Å². The highest BCUT2D eigenvalue weighted by molar-refractivity contribution is 7.89. The van der Waals surface area contributed by atoms with Gasteiger partial charge in [-0.05, 0) is 31.4 Å². The third-order valence-corrected chi connectivity index (χ3v) is 4.95. The zero-order valence-electron chi connectivity index (χ0n) is 11.5. The number of amides is 1. The van der Waals surface area contributed by atoms with Crippen molar-refractivity contribution in [1.29, 1.82) is 0 Å². The lowest BCUT2D eigenvalue weighted by atomic mass is 10.1.